The van der Waals surface area contributed by atoms with Gasteiger partial charge in [0.1, 0.15) is 0 Å². The first-order valence-corrected chi connectivity index (χ1v) is 5.99. The molecular formula is C12H16ClFN2O. The Morgan fingerprint density at radius 3 is 3.06 bits per heavy atom. The molecule has 1 saturated heterocycles. The van der Waals surface area contributed by atoms with E-state index < -0.39 is 5.85 Å². The third kappa shape index (κ3) is 3.39. The van der Waals surface area contributed by atoms with Crippen LogP contribution in [0, 0.1) is 0 Å². The molecule has 0 aliphatic carbocycles. The molecule has 0 bridgehead atoms. The Kier molecular flexibility index (Phi) is 3.99. The van der Waals surface area contributed by atoms with Crippen molar-refractivity contribution in [1.82, 2.24) is 4.90 Å². The molecule has 2 N–H and O–H groups in total. The van der Waals surface area contributed by atoms with Crippen LogP contribution in [-0.4, -0.2) is 37.0 Å². The van der Waals surface area contributed by atoms with Crippen LogP contribution in [0.25, 0.3) is 0 Å². The molecule has 0 unspecified atom stereocenters. The molecule has 0 amide bonds. The van der Waals surface area contributed by atoms with Crippen molar-refractivity contribution in [3.8, 4) is 0 Å². The van der Waals surface area contributed by atoms with Gasteiger partial charge in [-0.1, -0.05) is 23.7 Å². The number of hydrogen-bond donors (Lipinski definition) is 1. The number of morpholine rings is 1. The molecule has 1 heterocycles. The topological polar surface area (TPSA) is 38.5 Å². The maximum atomic E-state index is 13.9. The summed E-state index contributed by atoms with van der Waals surface area (Å²) in [7, 11) is 0. The molecule has 1 aromatic carbocycles. The maximum absolute atomic E-state index is 13.9. The molecule has 1 aromatic rings. The fourth-order valence-electron chi connectivity index (χ4n) is 1.97. The first kappa shape index (κ1) is 12.8. The summed E-state index contributed by atoms with van der Waals surface area (Å²) in [5, 5.41) is 0.695. The highest BCUT2D eigenvalue weighted by atomic mass is 35.5. The van der Waals surface area contributed by atoms with Crippen molar-refractivity contribution in [2.45, 2.75) is 12.4 Å². The third-order valence-electron chi connectivity index (χ3n) is 2.83. The van der Waals surface area contributed by atoms with Crippen molar-refractivity contribution in [3.63, 3.8) is 0 Å². The molecule has 1 aliphatic rings. The average molecular weight is 259 g/mol. The zero-order valence-electron chi connectivity index (χ0n) is 9.53. The largest absolute Gasteiger partial charge is 0.342 e. The number of ether oxygens (including phenoxy) is 1. The zero-order valence-corrected chi connectivity index (χ0v) is 10.3. The molecule has 1 aliphatic heterocycles. The number of nitrogens with zero attached hydrogens (tertiary/aromatic N) is 1. The Balaban J connectivity index is 1.99. The summed E-state index contributed by atoms with van der Waals surface area (Å²) in [5.41, 5.74) is 6.44. The van der Waals surface area contributed by atoms with Crippen LogP contribution in [0.4, 0.5) is 4.39 Å². The fraction of sp³-hybridized carbons (Fsp3) is 0.500. The molecule has 1 atom stereocenters. The van der Waals surface area contributed by atoms with Gasteiger partial charge in [0.25, 0.3) is 0 Å². The second kappa shape index (κ2) is 5.31. The summed E-state index contributed by atoms with van der Waals surface area (Å²) in [5.74, 6) is -1.71. The van der Waals surface area contributed by atoms with Crippen LogP contribution in [0.3, 0.4) is 0 Å². The van der Waals surface area contributed by atoms with E-state index in [0.717, 1.165) is 5.56 Å². The molecule has 2 rings (SSSR count). The van der Waals surface area contributed by atoms with Crippen molar-refractivity contribution in [2.24, 2.45) is 5.73 Å². The summed E-state index contributed by atoms with van der Waals surface area (Å²) in [6.45, 7) is 1.83. The second-order valence-electron chi connectivity index (χ2n) is 4.28. The van der Waals surface area contributed by atoms with E-state index in [9.17, 15) is 4.39 Å². The lowest BCUT2D eigenvalue weighted by Crippen LogP contribution is -2.52. The number of benzene rings is 1. The summed E-state index contributed by atoms with van der Waals surface area (Å²) < 4.78 is 19.0. The van der Waals surface area contributed by atoms with Gasteiger partial charge in [0, 0.05) is 18.1 Å². The Morgan fingerprint density at radius 2 is 2.35 bits per heavy atom. The average Bonchev–Trinajstić information content (AvgIpc) is 2.29. The highest BCUT2D eigenvalue weighted by Gasteiger charge is 2.35. The standard InChI is InChI=1S/C12H16ClFN2O/c13-11-3-1-2-10(6-11)7-16-4-5-17-12(14,8-15)9-16/h1-3,6H,4-5,7-9,15H2/t12-/m1/s1. The summed E-state index contributed by atoms with van der Waals surface area (Å²) in [4.78, 5) is 1.99. The summed E-state index contributed by atoms with van der Waals surface area (Å²) >= 11 is 5.91. The molecule has 5 heteroatoms. The first-order valence-electron chi connectivity index (χ1n) is 5.61. The normalized spacial score (nSPS) is 26.1. The van der Waals surface area contributed by atoms with Crippen LogP contribution in [0.2, 0.25) is 5.02 Å². The molecule has 0 spiro atoms. The molecule has 0 radical (unpaired) electrons. The van der Waals surface area contributed by atoms with Crippen LogP contribution in [0.15, 0.2) is 24.3 Å². The van der Waals surface area contributed by atoms with Crippen LogP contribution >= 0.6 is 11.6 Å². The second-order valence-corrected chi connectivity index (χ2v) is 4.71. The minimum Gasteiger partial charge on any atom is -0.342 e. The van der Waals surface area contributed by atoms with E-state index in [4.69, 9.17) is 22.1 Å². The van der Waals surface area contributed by atoms with Crippen molar-refractivity contribution in [2.75, 3.05) is 26.2 Å². The van der Waals surface area contributed by atoms with Gasteiger partial charge in [0.15, 0.2) is 0 Å². The van der Waals surface area contributed by atoms with E-state index in [1.807, 2.05) is 29.2 Å². The Bertz CT molecular complexity index is 391. The summed E-state index contributed by atoms with van der Waals surface area (Å²) in [6, 6.07) is 7.58. The lowest BCUT2D eigenvalue weighted by atomic mass is 10.1. The SMILES string of the molecule is NC[C@]1(F)CN(Cc2cccc(Cl)c2)CCO1. The van der Waals surface area contributed by atoms with Crippen LogP contribution in [0.5, 0.6) is 0 Å². The molecule has 3 nitrogen and oxygen atoms in total. The number of nitrogens with two attached hydrogens (primary N) is 1. The number of halogens is 2. The van der Waals surface area contributed by atoms with E-state index in [2.05, 4.69) is 0 Å². The molecule has 0 aromatic heterocycles. The van der Waals surface area contributed by atoms with E-state index in [-0.39, 0.29) is 13.1 Å². The van der Waals surface area contributed by atoms with E-state index >= 15 is 0 Å². The molecule has 1 fully saturated rings. The van der Waals surface area contributed by atoms with Gasteiger partial charge in [-0.25, -0.2) is 4.39 Å². The highest BCUT2D eigenvalue weighted by Crippen LogP contribution is 2.20. The van der Waals surface area contributed by atoms with Crippen LogP contribution in [0.1, 0.15) is 5.56 Å². The quantitative estimate of drug-likeness (QED) is 0.899. The molecule has 17 heavy (non-hydrogen) atoms. The Hall–Kier alpha value is -0.680. The van der Waals surface area contributed by atoms with Gasteiger partial charge in [-0.15, -0.1) is 0 Å². The minimum atomic E-state index is -1.71. The number of rotatable bonds is 3. The van der Waals surface area contributed by atoms with E-state index in [0.29, 0.717) is 24.7 Å². The molecule has 94 valence electrons. The monoisotopic (exact) mass is 258 g/mol. The Labute approximate surface area is 105 Å². The predicted octanol–water partition coefficient (Wildman–Crippen LogP) is 1.80. The van der Waals surface area contributed by atoms with Crippen LogP contribution in [-0.2, 0) is 11.3 Å². The van der Waals surface area contributed by atoms with Gasteiger partial charge in [-0.2, -0.15) is 0 Å². The minimum absolute atomic E-state index is 0.112. The smallest absolute Gasteiger partial charge is 0.234 e. The van der Waals surface area contributed by atoms with Crippen molar-refractivity contribution < 1.29 is 9.13 Å². The lowest BCUT2D eigenvalue weighted by Gasteiger charge is -2.36. The van der Waals surface area contributed by atoms with E-state index in [1.165, 1.54) is 0 Å². The van der Waals surface area contributed by atoms with Gasteiger partial charge in [-0.3, -0.25) is 4.90 Å². The number of hydrogen-bond acceptors (Lipinski definition) is 3. The van der Waals surface area contributed by atoms with Gasteiger partial charge in [0.05, 0.1) is 19.7 Å². The first-order chi connectivity index (χ1) is 8.11. The fourth-order valence-corrected chi connectivity index (χ4v) is 2.18. The molecule has 0 saturated carbocycles. The van der Waals surface area contributed by atoms with Crippen molar-refractivity contribution in [3.05, 3.63) is 34.9 Å². The maximum Gasteiger partial charge on any atom is 0.234 e. The Morgan fingerprint density at radius 1 is 1.53 bits per heavy atom. The lowest BCUT2D eigenvalue weighted by molar-refractivity contribution is -0.184. The van der Waals surface area contributed by atoms with Gasteiger partial charge < -0.3 is 10.5 Å². The predicted molar refractivity (Wildman–Crippen MR) is 65.6 cm³/mol. The third-order valence-corrected chi connectivity index (χ3v) is 3.06. The highest BCUT2D eigenvalue weighted by molar-refractivity contribution is 6.30. The molecular weight excluding hydrogens is 243 g/mol. The zero-order chi connectivity index (χ0) is 12.3. The van der Waals surface area contributed by atoms with Gasteiger partial charge in [0.2, 0.25) is 5.85 Å². The van der Waals surface area contributed by atoms with Gasteiger partial charge >= 0.3 is 0 Å². The number of alkyl halides is 1. The van der Waals surface area contributed by atoms with Crippen LogP contribution < -0.4 is 5.73 Å². The van der Waals surface area contributed by atoms with Gasteiger partial charge in [-0.05, 0) is 17.7 Å². The van der Waals surface area contributed by atoms with E-state index in [1.54, 1.807) is 0 Å². The van der Waals surface area contributed by atoms with Crippen molar-refractivity contribution >= 4 is 11.6 Å². The van der Waals surface area contributed by atoms with Crippen molar-refractivity contribution in [1.29, 1.82) is 0 Å². The summed E-state index contributed by atoms with van der Waals surface area (Å²) in [6.07, 6.45) is 0.